The topological polar surface area (TPSA) is 17.1 Å². The fourth-order valence-corrected chi connectivity index (χ4v) is 2.73. The van der Waals surface area contributed by atoms with E-state index in [1.807, 2.05) is 0 Å². The van der Waals surface area contributed by atoms with E-state index in [1.54, 1.807) is 0 Å². The lowest BCUT2D eigenvalue weighted by Gasteiger charge is -2.37. The van der Waals surface area contributed by atoms with Crippen LogP contribution in [0.5, 0.6) is 0 Å². The van der Waals surface area contributed by atoms with Gasteiger partial charge in [-0.2, -0.15) is 13.2 Å². The number of carbonyl (C=O) groups excluding carboxylic acids is 1. The van der Waals surface area contributed by atoms with Gasteiger partial charge < -0.3 is 0 Å². The van der Waals surface area contributed by atoms with Crippen molar-refractivity contribution in [1.82, 2.24) is 0 Å². The van der Waals surface area contributed by atoms with Gasteiger partial charge in [0.2, 0.25) is 0 Å². The first-order valence-electron chi connectivity index (χ1n) is 6.32. The monoisotopic (exact) mass is 250 g/mol. The molecule has 17 heavy (non-hydrogen) atoms. The minimum Gasteiger partial charge on any atom is -0.299 e. The van der Waals surface area contributed by atoms with Crippen molar-refractivity contribution >= 4 is 5.78 Å². The highest BCUT2D eigenvalue weighted by Crippen LogP contribution is 2.41. The zero-order valence-electron chi connectivity index (χ0n) is 10.6. The first-order chi connectivity index (χ1) is 7.72. The average molecular weight is 250 g/mol. The van der Waals surface area contributed by atoms with Crippen LogP contribution in [0.1, 0.15) is 58.8 Å². The molecule has 4 heteroatoms. The first-order valence-corrected chi connectivity index (χ1v) is 6.32. The predicted molar refractivity (Wildman–Crippen MR) is 60.7 cm³/mol. The van der Waals surface area contributed by atoms with Gasteiger partial charge >= 0.3 is 6.18 Å². The van der Waals surface area contributed by atoms with Crippen LogP contribution in [0.3, 0.4) is 0 Å². The summed E-state index contributed by atoms with van der Waals surface area (Å²) in [7, 11) is 0. The molecule has 0 aromatic rings. The number of carbonyl (C=O) groups is 1. The standard InChI is InChI=1S/C13H21F3O/c1-12(2)8-4-3-6-10(12)11(17)7-5-9-13(14,15)16/h10H,3-9H2,1-2H3. The molecular weight excluding hydrogens is 229 g/mol. The molecule has 0 N–H and O–H groups in total. The molecule has 0 amide bonds. The van der Waals surface area contributed by atoms with Crippen molar-refractivity contribution in [1.29, 1.82) is 0 Å². The summed E-state index contributed by atoms with van der Waals surface area (Å²) in [5.74, 6) is -0.0107. The second kappa shape index (κ2) is 5.40. The molecule has 0 bridgehead atoms. The lowest BCUT2D eigenvalue weighted by atomic mass is 9.66. The second-order valence-corrected chi connectivity index (χ2v) is 5.72. The van der Waals surface area contributed by atoms with Crippen LogP contribution < -0.4 is 0 Å². The maximum absolute atomic E-state index is 12.0. The highest BCUT2D eigenvalue weighted by molar-refractivity contribution is 5.81. The zero-order chi connectivity index (χ0) is 13.1. The number of hydrogen-bond acceptors (Lipinski definition) is 1. The van der Waals surface area contributed by atoms with E-state index in [4.69, 9.17) is 0 Å². The van der Waals surface area contributed by atoms with Gasteiger partial charge in [0.25, 0.3) is 0 Å². The van der Waals surface area contributed by atoms with Gasteiger partial charge in [-0.25, -0.2) is 0 Å². The van der Waals surface area contributed by atoms with E-state index in [9.17, 15) is 18.0 Å². The third-order valence-electron chi connectivity index (χ3n) is 3.78. The number of rotatable bonds is 4. The molecule has 1 nitrogen and oxygen atoms in total. The molecule has 1 rings (SSSR count). The normalized spacial score (nSPS) is 24.6. The molecule has 100 valence electrons. The van der Waals surface area contributed by atoms with Crippen LogP contribution in [-0.4, -0.2) is 12.0 Å². The highest BCUT2D eigenvalue weighted by Gasteiger charge is 2.37. The summed E-state index contributed by atoms with van der Waals surface area (Å²) in [4.78, 5) is 11.9. The molecule has 0 heterocycles. The molecule has 0 aromatic carbocycles. The van der Waals surface area contributed by atoms with Crippen LogP contribution in [0.2, 0.25) is 0 Å². The Hall–Kier alpha value is -0.540. The van der Waals surface area contributed by atoms with Gasteiger partial charge in [0.1, 0.15) is 5.78 Å². The molecule has 0 saturated heterocycles. The Bertz CT molecular complexity index is 268. The molecule has 0 radical (unpaired) electrons. The van der Waals surface area contributed by atoms with E-state index in [2.05, 4.69) is 13.8 Å². The minimum absolute atomic E-state index is 0.0268. The Morgan fingerprint density at radius 1 is 1.29 bits per heavy atom. The molecule has 1 aliphatic rings. The van der Waals surface area contributed by atoms with Crippen molar-refractivity contribution in [2.75, 3.05) is 0 Å². The summed E-state index contributed by atoms with van der Waals surface area (Å²) >= 11 is 0. The Morgan fingerprint density at radius 3 is 2.47 bits per heavy atom. The van der Waals surface area contributed by atoms with Gasteiger partial charge in [-0.05, 0) is 24.7 Å². The summed E-state index contributed by atoms with van der Waals surface area (Å²) in [6, 6.07) is 0. The van der Waals surface area contributed by atoms with E-state index >= 15 is 0 Å². The Morgan fingerprint density at radius 2 is 1.94 bits per heavy atom. The van der Waals surface area contributed by atoms with Gasteiger partial charge in [0.15, 0.2) is 0 Å². The Labute approximate surface area is 101 Å². The molecule has 0 spiro atoms. The maximum Gasteiger partial charge on any atom is 0.389 e. The van der Waals surface area contributed by atoms with Crippen molar-refractivity contribution in [3.63, 3.8) is 0 Å². The van der Waals surface area contributed by atoms with Crippen LogP contribution in [0, 0.1) is 11.3 Å². The van der Waals surface area contributed by atoms with Crippen molar-refractivity contribution < 1.29 is 18.0 Å². The third-order valence-corrected chi connectivity index (χ3v) is 3.78. The van der Waals surface area contributed by atoms with Gasteiger partial charge in [-0.3, -0.25) is 4.79 Å². The van der Waals surface area contributed by atoms with Crippen LogP contribution in [0.4, 0.5) is 13.2 Å². The quantitative estimate of drug-likeness (QED) is 0.717. The van der Waals surface area contributed by atoms with Crippen LogP contribution in [0.25, 0.3) is 0 Å². The summed E-state index contributed by atoms with van der Waals surface area (Å²) in [5.41, 5.74) is -0.0342. The van der Waals surface area contributed by atoms with Gasteiger partial charge in [-0.1, -0.05) is 26.7 Å². The van der Waals surface area contributed by atoms with Crippen molar-refractivity contribution in [3.05, 3.63) is 0 Å². The molecule has 0 aliphatic heterocycles. The second-order valence-electron chi connectivity index (χ2n) is 5.72. The van der Waals surface area contributed by atoms with Crippen LogP contribution >= 0.6 is 0 Å². The fraction of sp³-hybridized carbons (Fsp3) is 0.923. The molecular formula is C13H21F3O. The Kier molecular flexibility index (Phi) is 4.62. The number of hydrogen-bond donors (Lipinski definition) is 0. The SMILES string of the molecule is CC1(C)CCCCC1C(=O)CCCC(F)(F)F. The van der Waals surface area contributed by atoms with E-state index in [0.717, 1.165) is 25.7 Å². The fourth-order valence-electron chi connectivity index (χ4n) is 2.73. The largest absolute Gasteiger partial charge is 0.389 e. The third kappa shape index (κ3) is 4.68. The first kappa shape index (κ1) is 14.5. The van der Waals surface area contributed by atoms with E-state index < -0.39 is 12.6 Å². The van der Waals surface area contributed by atoms with Crippen molar-refractivity contribution in [2.24, 2.45) is 11.3 Å². The summed E-state index contributed by atoms with van der Waals surface area (Å²) in [5, 5.41) is 0. The number of ketones is 1. The molecule has 1 atom stereocenters. The maximum atomic E-state index is 12.0. The molecule has 1 saturated carbocycles. The average Bonchev–Trinajstić information content (AvgIpc) is 2.14. The lowest BCUT2D eigenvalue weighted by Crippen LogP contribution is -2.34. The van der Waals surface area contributed by atoms with E-state index in [0.29, 0.717) is 0 Å². The van der Waals surface area contributed by atoms with E-state index in [1.165, 1.54) is 0 Å². The molecule has 1 unspecified atom stereocenters. The minimum atomic E-state index is -4.14. The smallest absolute Gasteiger partial charge is 0.299 e. The molecule has 1 fully saturated rings. The van der Waals surface area contributed by atoms with Crippen LogP contribution in [0.15, 0.2) is 0 Å². The molecule has 1 aliphatic carbocycles. The Balaban J connectivity index is 2.41. The van der Waals surface area contributed by atoms with Gasteiger partial charge in [-0.15, -0.1) is 0 Å². The molecule has 0 aromatic heterocycles. The number of alkyl halides is 3. The van der Waals surface area contributed by atoms with Gasteiger partial charge in [0, 0.05) is 18.8 Å². The summed E-state index contributed by atoms with van der Waals surface area (Å²) in [6.45, 7) is 4.11. The summed E-state index contributed by atoms with van der Waals surface area (Å²) < 4.78 is 36.0. The van der Waals surface area contributed by atoms with Crippen molar-refractivity contribution in [3.8, 4) is 0 Å². The highest BCUT2D eigenvalue weighted by atomic mass is 19.4. The van der Waals surface area contributed by atoms with Crippen LogP contribution in [-0.2, 0) is 4.79 Å². The number of halogens is 3. The van der Waals surface area contributed by atoms with Crippen molar-refractivity contribution in [2.45, 2.75) is 65.0 Å². The van der Waals surface area contributed by atoms with E-state index in [-0.39, 0.29) is 30.0 Å². The predicted octanol–water partition coefficient (Wildman–Crippen LogP) is 4.50. The van der Waals surface area contributed by atoms with Gasteiger partial charge in [0.05, 0.1) is 0 Å². The zero-order valence-corrected chi connectivity index (χ0v) is 10.6. The number of Topliss-reactive ketones (excluding diaryl/α,β-unsaturated/α-hetero) is 1. The lowest BCUT2D eigenvalue weighted by molar-refractivity contribution is -0.138. The summed E-state index contributed by atoms with van der Waals surface area (Å²) in [6.07, 6.45) is -0.963.